The van der Waals surface area contributed by atoms with Crippen molar-refractivity contribution in [1.82, 2.24) is 0 Å². The standard InChI is InChI=1S/C9H13F7O4/c10-1-2-17-9(18-3-6(11)12,19-4-7(13)14)20-5-8(15)16/h6-8H,1-5H2. The molecule has 0 atom stereocenters. The van der Waals surface area contributed by atoms with Crippen LogP contribution in [0.1, 0.15) is 0 Å². The molecule has 20 heavy (non-hydrogen) atoms. The van der Waals surface area contributed by atoms with E-state index in [-0.39, 0.29) is 0 Å². The fourth-order valence-electron chi connectivity index (χ4n) is 0.909. The zero-order chi connectivity index (χ0) is 15.6. The Morgan fingerprint density at radius 3 is 1.25 bits per heavy atom. The Morgan fingerprint density at radius 2 is 1.00 bits per heavy atom. The maximum Gasteiger partial charge on any atom is 0.413 e. The number of rotatable bonds is 12. The molecular weight excluding hydrogens is 305 g/mol. The molecule has 0 heterocycles. The minimum Gasteiger partial charge on any atom is -0.301 e. The molecule has 0 aliphatic carbocycles. The Kier molecular flexibility index (Phi) is 9.80. The average molecular weight is 318 g/mol. The van der Waals surface area contributed by atoms with Crippen LogP contribution in [-0.2, 0) is 18.9 Å². The van der Waals surface area contributed by atoms with E-state index in [1.165, 1.54) is 0 Å². The van der Waals surface area contributed by atoms with Crippen LogP contribution >= 0.6 is 0 Å². The van der Waals surface area contributed by atoms with Gasteiger partial charge in [-0.2, -0.15) is 0 Å². The molecule has 0 rings (SSSR count). The smallest absolute Gasteiger partial charge is 0.301 e. The first-order valence-corrected chi connectivity index (χ1v) is 5.27. The summed E-state index contributed by atoms with van der Waals surface area (Å²) in [5, 5.41) is 0. The van der Waals surface area contributed by atoms with Gasteiger partial charge in [0.2, 0.25) is 0 Å². The van der Waals surface area contributed by atoms with Gasteiger partial charge in [0, 0.05) is 0 Å². The summed E-state index contributed by atoms with van der Waals surface area (Å²) in [7, 11) is 0. The van der Waals surface area contributed by atoms with Gasteiger partial charge >= 0.3 is 6.16 Å². The molecule has 0 aliphatic rings. The molecule has 0 aromatic heterocycles. The molecule has 0 saturated carbocycles. The summed E-state index contributed by atoms with van der Waals surface area (Å²) in [5.74, 6) is 0. The summed E-state index contributed by atoms with van der Waals surface area (Å²) in [4.78, 5) is 0. The van der Waals surface area contributed by atoms with E-state index in [9.17, 15) is 30.7 Å². The van der Waals surface area contributed by atoms with Gasteiger partial charge in [0.15, 0.2) is 0 Å². The van der Waals surface area contributed by atoms with Gasteiger partial charge in [-0.15, -0.1) is 0 Å². The molecule has 0 fully saturated rings. The van der Waals surface area contributed by atoms with E-state index in [4.69, 9.17) is 0 Å². The average Bonchev–Trinajstić information content (AvgIpc) is 2.36. The summed E-state index contributed by atoms with van der Waals surface area (Å²) < 4.78 is 101. The molecular formula is C9H13F7O4. The van der Waals surface area contributed by atoms with Crippen LogP contribution in [0.4, 0.5) is 30.7 Å². The zero-order valence-corrected chi connectivity index (χ0v) is 10.0. The van der Waals surface area contributed by atoms with Crippen molar-refractivity contribution in [2.24, 2.45) is 0 Å². The quantitative estimate of drug-likeness (QED) is 0.409. The Morgan fingerprint density at radius 1 is 0.650 bits per heavy atom. The van der Waals surface area contributed by atoms with Crippen LogP contribution in [0.5, 0.6) is 0 Å². The van der Waals surface area contributed by atoms with E-state index < -0.39 is 58.5 Å². The second-order valence-corrected chi connectivity index (χ2v) is 3.14. The number of alkyl halides is 7. The molecule has 0 saturated heterocycles. The fraction of sp³-hybridized carbons (Fsp3) is 1.00. The molecule has 0 unspecified atom stereocenters. The van der Waals surface area contributed by atoms with Crippen LogP contribution in [-0.4, -0.2) is 58.5 Å². The van der Waals surface area contributed by atoms with Crippen molar-refractivity contribution in [2.45, 2.75) is 25.4 Å². The van der Waals surface area contributed by atoms with Crippen molar-refractivity contribution < 1.29 is 49.7 Å². The van der Waals surface area contributed by atoms with Gasteiger partial charge in [0.25, 0.3) is 19.3 Å². The minimum atomic E-state index is -3.08. The SMILES string of the molecule is FCCOC(OCC(F)F)(OCC(F)F)OCC(F)F. The fourth-order valence-corrected chi connectivity index (χ4v) is 0.909. The van der Waals surface area contributed by atoms with E-state index >= 15 is 0 Å². The Hall–Kier alpha value is -0.650. The lowest BCUT2D eigenvalue weighted by Crippen LogP contribution is -2.45. The van der Waals surface area contributed by atoms with Gasteiger partial charge in [-0.25, -0.2) is 30.7 Å². The highest BCUT2D eigenvalue weighted by molar-refractivity contribution is 4.49. The Bertz CT molecular complexity index is 211. The first-order valence-electron chi connectivity index (χ1n) is 5.27. The van der Waals surface area contributed by atoms with Gasteiger partial charge in [-0.05, 0) is 0 Å². The molecule has 0 spiro atoms. The van der Waals surface area contributed by atoms with Crippen LogP contribution in [0.25, 0.3) is 0 Å². The second kappa shape index (κ2) is 10.1. The molecule has 0 amide bonds. The molecule has 0 bridgehead atoms. The second-order valence-electron chi connectivity index (χ2n) is 3.14. The summed E-state index contributed by atoms with van der Waals surface area (Å²) >= 11 is 0. The molecule has 0 N–H and O–H groups in total. The summed E-state index contributed by atoms with van der Waals surface area (Å²) in [6, 6.07) is 0. The lowest BCUT2D eigenvalue weighted by atomic mass is 10.7. The van der Waals surface area contributed by atoms with Crippen molar-refractivity contribution in [1.29, 1.82) is 0 Å². The summed E-state index contributed by atoms with van der Waals surface area (Å²) in [6.07, 6.45) is -12.3. The summed E-state index contributed by atoms with van der Waals surface area (Å²) in [5.41, 5.74) is 0. The lowest BCUT2D eigenvalue weighted by molar-refractivity contribution is -0.507. The van der Waals surface area contributed by atoms with Gasteiger partial charge in [-0.3, -0.25) is 14.2 Å². The van der Waals surface area contributed by atoms with Crippen molar-refractivity contribution in [2.75, 3.05) is 33.1 Å². The topological polar surface area (TPSA) is 36.9 Å². The van der Waals surface area contributed by atoms with Gasteiger partial charge in [0.05, 0.1) is 6.61 Å². The largest absolute Gasteiger partial charge is 0.413 e. The number of halogens is 7. The number of ether oxygens (including phenoxy) is 4. The van der Waals surface area contributed by atoms with E-state index in [2.05, 4.69) is 18.9 Å². The van der Waals surface area contributed by atoms with E-state index in [1.54, 1.807) is 0 Å². The van der Waals surface area contributed by atoms with Crippen LogP contribution in [0.3, 0.4) is 0 Å². The van der Waals surface area contributed by atoms with E-state index in [1.807, 2.05) is 0 Å². The number of hydrogen-bond acceptors (Lipinski definition) is 4. The monoisotopic (exact) mass is 318 g/mol. The maximum atomic E-state index is 12.0. The molecule has 0 aliphatic heterocycles. The van der Waals surface area contributed by atoms with Crippen LogP contribution in [0.2, 0.25) is 0 Å². The normalized spacial score (nSPS) is 12.9. The predicted molar refractivity (Wildman–Crippen MR) is 50.5 cm³/mol. The summed E-state index contributed by atoms with van der Waals surface area (Å²) in [6.45, 7) is -6.23. The first kappa shape index (κ1) is 19.4. The zero-order valence-electron chi connectivity index (χ0n) is 10.0. The highest BCUT2D eigenvalue weighted by Gasteiger charge is 2.39. The Balaban J connectivity index is 4.74. The van der Waals surface area contributed by atoms with Crippen LogP contribution in [0, 0.1) is 0 Å². The minimum absolute atomic E-state index is 0.851. The third-order valence-corrected chi connectivity index (χ3v) is 1.51. The first-order chi connectivity index (χ1) is 9.31. The van der Waals surface area contributed by atoms with Gasteiger partial charge in [0.1, 0.15) is 26.5 Å². The van der Waals surface area contributed by atoms with Gasteiger partial charge in [-0.1, -0.05) is 0 Å². The van der Waals surface area contributed by atoms with E-state index in [0.29, 0.717) is 0 Å². The maximum absolute atomic E-state index is 12.0. The molecule has 0 aromatic rings. The van der Waals surface area contributed by atoms with Crippen molar-refractivity contribution in [3.63, 3.8) is 0 Å². The third-order valence-electron chi connectivity index (χ3n) is 1.51. The third kappa shape index (κ3) is 9.28. The van der Waals surface area contributed by atoms with Gasteiger partial charge < -0.3 is 4.74 Å². The van der Waals surface area contributed by atoms with Crippen LogP contribution < -0.4 is 0 Å². The van der Waals surface area contributed by atoms with Crippen LogP contribution in [0.15, 0.2) is 0 Å². The predicted octanol–water partition coefficient (Wildman–Crippen LogP) is 2.43. The highest BCUT2D eigenvalue weighted by atomic mass is 19.3. The van der Waals surface area contributed by atoms with Crippen molar-refractivity contribution in [3.8, 4) is 0 Å². The molecule has 122 valence electrons. The molecule has 0 radical (unpaired) electrons. The van der Waals surface area contributed by atoms with Crippen molar-refractivity contribution >= 4 is 0 Å². The Labute approximate surface area is 109 Å². The molecule has 4 nitrogen and oxygen atoms in total. The van der Waals surface area contributed by atoms with E-state index in [0.717, 1.165) is 0 Å². The molecule has 11 heteroatoms. The molecule has 0 aromatic carbocycles. The van der Waals surface area contributed by atoms with Crippen molar-refractivity contribution in [3.05, 3.63) is 0 Å². The number of hydrogen-bond donors (Lipinski definition) is 0. The lowest BCUT2D eigenvalue weighted by Gasteiger charge is -2.31. The highest BCUT2D eigenvalue weighted by Crippen LogP contribution is 2.21.